The van der Waals surface area contributed by atoms with Crippen LogP contribution >= 0.6 is 11.8 Å². The molecule has 0 N–H and O–H groups in total. The summed E-state index contributed by atoms with van der Waals surface area (Å²) in [5.74, 6) is 2.93. The van der Waals surface area contributed by atoms with Gasteiger partial charge in [0.05, 0.1) is 27.2 Å². The Morgan fingerprint density at radius 3 is 2.95 bits per heavy atom. The molecule has 2 aromatic rings. The highest BCUT2D eigenvalue weighted by Crippen LogP contribution is 2.25. The lowest BCUT2D eigenvalue weighted by atomic mass is 10.4. The average Bonchev–Trinajstić information content (AvgIpc) is 2.98. The number of hydrogen-bond donors (Lipinski definition) is 0. The van der Waals surface area contributed by atoms with Crippen molar-refractivity contribution in [2.45, 2.75) is 36.7 Å². The number of thioether (sulfide) groups is 1. The fourth-order valence-corrected chi connectivity index (χ4v) is 3.43. The molecular weight excluding hydrogens is 284 g/mol. The first-order chi connectivity index (χ1) is 9.11. The summed E-state index contributed by atoms with van der Waals surface area (Å²) in [4.78, 5) is 4.96. The van der Waals surface area contributed by atoms with Crippen LogP contribution in [0, 0.1) is 6.92 Å². The Hall–Kier alpha value is -1.08. The van der Waals surface area contributed by atoms with Gasteiger partial charge in [-0.05, 0) is 25.7 Å². The zero-order chi connectivity index (χ0) is 13.8. The Balaban J connectivity index is 2.04. The maximum absolute atomic E-state index is 12.1. The van der Waals surface area contributed by atoms with E-state index in [1.54, 1.807) is 24.8 Å². The molecule has 2 rings (SSSR count). The first-order valence-corrected chi connectivity index (χ1v) is 8.35. The van der Waals surface area contributed by atoms with Crippen molar-refractivity contribution in [2.75, 3.05) is 5.75 Å². The van der Waals surface area contributed by atoms with Gasteiger partial charge in [0.25, 0.3) is 0 Å². The van der Waals surface area contributed by atoms with Crippen molar-refractivity contribution >= 4 is 22.6 Å². The van der Waals surface area contributed by atoms with Crippen LogP contribution in [0.1, 0.15) is 36.6 Å². The van der Waals surface area contributed by atoms with Gasteiger partial charge in [-0.2, -0.15) is 16.7 Å². The first-order valence-electron chi connectivity index (χ1n) is 5.98. The SMILES string of the molecule is CCS[C@@H](C)c1noc(C[S@@](=O)c2ccoc2C)n1. The second-order valence-electron chi connectivity index (χ2n) is 3.97. The minimum atomic E-state index is -1.22. The molecule has 2 heterocycles. The Bertz CT molecular complexity index is 565. The lowest BCUT2D eigenvalue weighted by Crippen LogP contribution is -1.98. The van der Waals surface area contributed by atoms with Crippen LogP contribution in [0.4, 0.5) is 0 Å². The van der Waals surface area contributed by atoms with Crippen LogP contribution < -0.4 is 0 Å². The van der Waals surface area contributed by atoms with Gasteiger partial charge < -0.3 is 8.94 Å². The van der Waals surface area contributed by atoms with Crippen LogP contribution in [0.15, 0.2) is 26.2 Å². The molecule has 0 unspecified atom stereocenters. The molecule has 0 bridgehead atoms. The minimum Gasteiger partial charge on any atom is -0.468 e. The molecule has 0 aliphatic heterocycles. The van der Waals surface area contributed by atoms with Crippen molar-refractivity contribution in [2.24, 2.45) is 0 Å². The summed E-state index contributed by atoms with van der Waals surface area (Å²) in [7, 11) is -1.22. The van der Waals surface area contributed by atoms with Crippen LogP contribution in [0.3, 0.4) is 0 Å². The second kappa shape index (κ2) is 6.38. The lowest BCUT2D eigenvalue weighted by Gasteiger charge is -2.01. The molecule has 2 atom stereocenters. The fourth-order valence-electron chi connectivity index (χ4n) is 1.62. The normalized spacial score (nSPS) is 14.5. The van der Waals surface area contributed by atoms with E-state index in [1.165, 1.54) is 6.26 Å². The van der Waals surface area contributed by atoms with Crippen LogP contribution in [-0.2, 0) is 16.6 Å². The van der Waals surface area contributed by atoms with Crippen molar-refractivity contribution in [3.05, 3.63) is 29.8 Å². The van der Waals surface area contributed by atoms with Crippen molar-refractivity contribution in [1.82, 2.24) is 10.1 Å². The molecule has 5 nitrogen and oxygen atoms in total. The fraction of sp³-hybridized carbons (Fsp3) is 0.500. The molecule has 0 saturated carbocycles. The quantitative estimate of drug-likeness (QED) is 0.816. The number of aryl methyl sites for hydroxylation is 1. The Labute approximate surface area is 118 Å². The predicted octanol–water partition coefficient (Wildman–Crippen LogP) is 3.09. The number of nitrogens with zero attached hydrogens (tertiary/aromatic N) is 2. The third-order valence-electron chi connectivity index (χ3n) is 2.58. The van der Waals surface area contributed by atoms with Gasteiger partial charge in [-0.1, -0.05) is 12.1 Å². The monoisotopic (exact) mass is 300 g/mol. The van der Waals surface area contributed by atoms with Crippen molar-refractivity contribution in [1.29, 1.82) is 0 Å². The highest BCUT2D eigenvalue weighted by Gasteiger charge is 2.17. The van der Waals surface area contributed by atoms with Crippen LogP contribution in [0.5, 0.6) is 0 Å². The largest absolute Gasteiger partial charge is 0.468 e. The summed E-state index contributed by atoms with van der Waals surface area (Å²) >= 11 is 1.74. The highest BCUT2D eigenvalue weighted by atomic mass is 32.2. The zero-order valence-corrected chi connectivity index (χ0v) is 12.7. The van der Waals surface area contributed by atoms with E-state index in [0.29, 0.717) is 22.4 Å². The average molecular weight is 300 g/mol. The summed E-state index contributed by atoms with van der Waals surface area (Å²) < 4.78 is 22.4. The van der Waals surface area contributed by atoms with E-state index in [-0.39, 0.29) is 11.0 Å². The molecule has 19 heavy (non-hydrogen) atoms. The lowest BCUT2D eigenvalue weighted by molar-refractivity contribution is 0.384. The second-order valence-corrected chi connectivity index (χ2v) is 7.01. The van der Waals surface area contributed by atoms with Gasteiger partial charge in [0.1, 0.15) is 11.5 Å². The van der Waals surface area contributed by atoms with E-state index in [9.17, 15) is 4.21 Å². The molecule has 0 fully saturated rings. The molecule has 0 aromatic carbocycles. The van der Waals surface area contributed by atoms with Gasteiger partial charge in [0, 0.05) is 0 Å². The van der Waals surface area contributed by atoms with E-state index < -0.39 is 10.8 Å². The molecule has 0 amide bonds. The molecule has 0 spiro atoms. The summed E-state index contributed by atoms with van der Waals surface area (Å²) in [6.45, 7) is 5.89. The van der Waals surface area contributed by atoms with Gasteiger partial charge in [0.2, 0.25) is 5.89 Å². The highest BCUT2D eigenvalue weighted by molar-refractivity contribution is 7.99. The van der Waals surface area contributed by atoms with Crippen LogP contribution in [-0.4, -0.2) is 20.1 Å². The van der Waals surface area contributed by atoms with Crippen molar-refractivity contribution in [3.8, 4) is 0 Å². The predicted molar refractivity (Wildman–Crippen MR) is 74.4 cm³/mol. The molecule has 0 aliphatic rings. The van der Waals surface area contributed by atoms with Gasteiger partial charge in [-0.15, -0.1) is 0 Å². The van der Waals surface area contributed by atoms with Gasteiger partial charge in [0.15, 0.2) is 5.82 Å². The Morgan fingerprint density at radius 2 is 2.32 bits per heavy atom. The number of rotatable bonds is 6. The van der Waals surface area contributed by atoms with E-state index >= 15 is 0 Å². The standard InChI is InChI=1S/C12H16N2O3S2/c1-4-18-9(3)12-13-11(17-14-12)7-19(15)10-5-6-16-8(10)2/h5-6,9H,4,7H2,1-3H3/t9-,19+/m0/s1. The van der Waals surface area contributed by atoms with E-state index in [0.717, 1.165) is 5.75 Å². The summed E-state index contributed by atoms with van der Waals surface area (Å²) in [5.41, 5.74) is 0. The zero-order valence-electron chi connectivity index (χ0n) is 11.1. The maximum Gasteiger partial charge on any atom is 0.239 e. The molecule has 0 aliphatic carbocycles. The smallest absolute Gasteiger partial charge is 0.239 e. The van der Waals surface area contributed by atoms with Gasteiger partial charge >= 0.3 is 0 Å². The van der Waals surface area contributed by atoms with E-state index in [1.807, 2.05) is 6.92 Å². The Morgan fingerprint density at radius 1 is 1.53 bits per heavy atom. The van der Waals surface area contributed by atoms with E-state index in [4.69, 9.17) is 8.94 Å². The topological polar surface area (TPSA) is 69.1 Å². The van der Waals surface area contributed by atoms with Crippen molar-refractivity contribution < 1.29 is 13.1 Å². The van der Waals surface area contributed by atoms with Gasteiger partial charge in [-0.3, -0.25) is 4.21 Å². The number of aromatic nitrogens is 2. The molecule has 2 aromatic heterocycles. The third-order valence-corrected chi connectivity index (χ3v) is 5.04. The van der Waals surface area contributed by atoms with Gasteiger partial charge in [-0.25, -0.2) is 0 Å². The first kappa shape index (κ1) is 14.3. The number of hydrogen-bond acceptors (Lipinski definition) is 6. The summed E-state index contributed by atoms with van der Waals surface area (Å²) in [5, 5.41) is 4.11. The molecule has 0 saturated heterocycles. The molecule has 0 radical (unpaired) electrons. The van der Waals surface area contributed by atoms with E-state index in [2.05, 4.69) is 17.1 Å². The minimum absolute atomic E-state index is 0.187. The number of furan rings is 1. The Kier molecular flexibility index (Phi) is 4.81. The van der Waals surface area contributed by atoms with Crippen molar-refractivity contribution in [3.63, 3.8) is 0 Å². The molecule has 7 heteroatoms. The summed E-state index contributed by atoms with van der Waals surface area (Å²) in [6, 6.07) is 1.71. The maximum atomic E-state index is 12.1. The molecule has 104 valence electrons. The molecular formula is C12H16N2O3S2. The third kappa shape index (κ3) is 3.48. The van der Waals surface area contributed by atoms with Crippen LogP contribution in [0.2, 0.25) is 0 Å². The van der Waals surface area contributed by atoms with Crippen LogP contribution in [0.25, 0.3) is 0 Å². The summed E-state index contributed by atoms with van der Waals surface area (Å²) in [6.07, 6.45) is 1.53.